The van der Waals surface area contributed by atoms with Crippen molar-refractivity contribution in [3.05, 3.63) is 23.8 Å². The van der Waals surface area contributed by atoms with E-state index < -0.39 is 11.0 Å². The van der Waals surface area contributed by atoms with Gasteiger partial charge in [-0.05, 0) is 71.1 Å². The maximum Gasteiger partial charge on any atom is 0.337 e. The molecular formula is C20H33NO3S. The molecule has 0 aromatic heterocycles. The quantitative estimate of drug-likeness (QED) is 0.658. The second kappa shape index (κ2) is 8.17. The minimum atomic E-state index is -1.09. The van der Waals surface area contributed by atoms with Crippen LogP contribution in [0.2, 0.25) is 0 Å². The number of ether oxygens (including phenoxy) is 1. The van der Waals surface area contributed by atoms with Crippen molar-refractivity contribution < 1.29 is 13.7 Å². The van der Waals surface area contributed by atoms with Gasteiger partial charge < -0.3 is 4.74 Å². The standard InChI is InChI=1S/C20H33NO3S/c1-6-24-18(22)16-9-7-15(8-10-16)17(11-12-20(5)13-14-20)21-25(23)19(2,3)4/h7,9-10,15,17,21H,6,8,11-14H2,1-5H3/t15?,17-,25?/m0/s1. The summed E-state index contributed by atoms with van der Waals surface area (Å²) in [5.74, 6) is -0.00250. The van der Waals surface area contributed by atoms with Crippen molar-refractivity contribution in [2.45, 2.75) is 77.5 Å². The van der Waals surface area contributed by atoms with Crippen LogP contribution in [-0.2, 0) is 20.5 Å². The first-order chi connectivity index (χ1) is 11.6. The maximum atomic E-state index is 12.6. The number of hydrogen-bond acceptors (Lipinski definition) is 3. The van der Waals surface area contributed by atoms with Crippen LogP contribution in [0.3, 0.4) is 0 Å². The summed E-state index contributed by atoms with van der Waals surface area (Å²) in [6.07, 6.45) is 11.4. The minimum absolute atomic E-state index is 0.161. The van der Waals surface area contributed by atoms with E-state index >= 15 is 0 Å². The van der Waals surface area contributed by atoms with E-state index in [2.05, 4.69) is 17.7 Å². The highest BCUT2D eigenvalue weighted by Crippen LogP contribution is 2.49. The monoisotopic (exact) mass is 367 g/mol. The predicted molar refractivity (Wildman–Crippen MR) is 103 cm³/mol. The zero-order valence-corrected chi connectivity index (χ0v) is 17.1. The van der Waals surface area contributed by atoms with Gasteiger partial charge in [0, 0.05) is 6.04 Å². The summed E-state index contributed by atoms with van der Waals surface area (Å²) in [5.41, 5.74) is 1.11. The van der Waals surface area contributed by atoms with E-state index in [4.69, 9.17) is 4.74 Å². The lowest BCUT2D eigenvalue weighted by Gasteiger charge is -2.30. The molecule has 3 atom stereocenters. The number of carbonyl (C=O) groups excluding carboxylic acids is 1. The normalized spacial score (nSPS) is 24.4. The van der Waals surface area contributed by atoms with Crippen molar-refractivity contribution in [3.63, 3.8) is 0 Å². The Kier molecular flexibility index (Phi) is 6.66. The van der Waals surface area contributed by atoms with E-state index in [-0.39, 0.29) is 22.7 Å². The Balaban J connectivity index is 2.01. The van der Waals surface area contributed by atoms with E-state index in [1.54, 1.807) is 0 Å². The largest absolute Gasteiger partial charge is 0.462 e. The summed E-state index contributed by atoms with van der Waals surface area (Å²) in [6, 6.07) is 0.161. The smallest absolute Gasteiger partial charge is 0.337 e. The Morgan fingerprint density at radius 1 is 1.44 bits per heavy atom. The first kappa shape index (κ1) is 20.4. The van der Waals surface area contributed by atoms with Crippen LogP contribution >= 0.6 is 0 Å². The van der Waals surface area contributed by atoms with Crippen LogP contribution in [0.4, 0.5) is 0 Å². The maximum absolute atomic E-state index is 12.6. The van der Waals surface area contributed by atoms with E-state index in [9.17, 15) is 9.00 Å². The first-order valence-electron chi connectivity index (χ1n) is 9.38. The first-order valence-corrected chi connectivity index (χ1v) is 10.5. The van der Waals surface area contributed by atoms with Gasteiger partial charge in [0.05, 0.1) is 27.9 Å². The summed E-state index contributed by atoms with van der Waals surface area (Å²) in [7, 11) is -1.09. The van der Waals surface area contributed by atoms with E-state index in [0.717, 1.165) is 19.3 Å². The van der Waals surface area contributed by atoms with Crippen molar-refractivity contribution in [1.82, 2.24) is 4.72 Å². The third-order valence-corrected chi connectivity index (χ3v) is 6.77. The predicted octanol–water partition coefficient (Wildman–Crippen LogP) is 4.05. The van der Waals surface area contributed by atoms with Gasteiger partial charge >= 0.3 is 5.97 Å². The Bertz CT molecular complexity index is 570. The summed E-state index contributed by atoms with van der Waals surface area (Å²) in [5, 5.41) is 0. The molecule has 2 unspecified atom stereocenters. The van der Waals surface area contributed by atoms with Crippen LogP contribution in [0.5, 0.6) is 0 Å². The fourth-order valence-electron chi connectivity index (χ4n) is 2.94. The highest BCUT2D eigenvalue weighted by atomic mass is 32.2. The number of carbonyl (C=O) groups is 1. The summed E-state index contributed by atoms with van der Waals surface area (Å²) in [6.45, 7) is 10.5. The van der Waals surface area contributed by atoms with Gasteiger partial charge in [0.2, 0.25) is 0 Å². The molecule has 0 saturated heterocycles. The van der Waals surface area contributed by atoms with Crippen molar-refractivity contribution in [2.24, 2.45) is 11.3 Å². The van der Waals surface area contributed by atoms with Crippen molar-refractivity contribution in [1.29, 1.82) is 0 Å². The fourth-order valence-corrected chi connectivity index (χ4v) is 3.86. The molecular weight excluding hydrogens is 334 g/mol. The zero-order valence-electron chi connectivity index (χ0n) is 16.3. The zero-order chi connectivity index (χ0) is 18.7. The average Bonchev–Trinajstić information content (AvgIpc) is 3.28. The third-order valence-electron chi connectivity index (χ3n) is 5.14. The Morgan fingerprint density at radius 3 is 2.60 bits per heavy atom. The van der Waals surface area contributed by atoms with Crippen molar-refractivity contribution in [3.8, 4) is 0 Å². The van der Waals surface area contributed by atoms with Crippen LogP contribution in [0.25, 0.3) is 0 Å². The van der Waals surface area contributed by atoms with Gasteiger partial charge in [0.25, 0.3) is 0 Å². The Labute approximate surface area is 155 Å². The van der Waals surface area contributed by atoms with E-state index in [1.165, 1.54) is 12.8 Å². The molecule has 0 radical (unpaired) electrons. The number of hydrogen-bond donors (Lipinski definition) is 1. The molecule has 5 heteroatoms. The second-order valence-electron chi connectivity index (χ2n) is 8.59. The highest BCUT2D eigenvalue weighted by Gasteiger charge is 2.38. The molecule has 1 fully saturated rings. The Hall–Kier alpha value is -0.940. The SMILES string of the molecule is CCOC(=O)C1=CCC([C@H](CCC2(C)CC2)NS(=O)C(C)(C)C)C=C1. The molecule has 2 rings (SSSR count). The molecule has 0 aromatic rings. The van der Waals surface area contributed by atoms with Gasteiger partial charge in [-0.15, -0.1) is 0 Å². The third kappa shape index (κ3) is 6.07. The lowest BCUT2D eigenvalue weighted by atomic mass is 9.86. The molecule has 0 amide bonds. The fraction of sp³-hybridized carbons (Fsp3) is 0.750. The number of allylic oxidation sites excluding steroid dienone is 1. The summed E-state index contributed by atoms with van der Waals surface area (Å²) < 4.78 is 20.8. The molecule has 0 bridgehead atoms. The number of esters is 1. The van der Waals surface area contributed by atoms with Gasteiger partial charge in [-0.25, -0.2) is 13.7 Å². The summed E-state index contributed by atoms with van der Waals surface area (Å²) in [4.78, 5) is 11.8. The van der Waals surface area contributed by atoms with Crippen molar-refractivity contribution in [2.75, 3.05) is 6.61 Å². The molecule has 0 heterocycles. The van der Waals surface area contributed by atoms with Crippen LogP contribution in [-0.4, -0.2) is 27.6 Å². The second-order valence-corrected chi connectivity index (χ2v) is 10.6. The molecule has 4 nitrogen and oxygen atoms in total. The molecule has 0 aliphatic heterocycles. The highest BCUT2D eigenvalue weighted by molar-refractivity contribution is 7.84. The Morgan fingerprint density at radius 2 is 2.12 bits per heavy atom. The van der Waals surface area contributed by atoms with Crippen LogP contribution in [0, 0.1) is 11.3 Å². The van der Waals surface area contributed by atoms with E-state index in [1.807, 2.05) is 39.8 Å². The van der Waals surface area contributed by atoms with Crippen LogP contribution in [0.15, 0.2) is 23.8 Å². The van der Waals surface area contributed by atoms with Gasteiger partial charge in [-0.1, -0.05) is 25.2 Å². The summed E-state index contributed by atoms with van der Waals surface area (Å²) >= 11 is 0. The molecule has 0 spiro atoms. The molecule has 0 aromatic carbocycles. The lowest BCUT2D eigenvalue weighted by molar-refractivity contribution is -0.138. The molecule has 2 aliphatic rings. The topological polar surface area (TPSA) is 55.4 Å². The lowest BCUT2D eigenvalue weighted by Crippen LogP contribution is -2.43. The van der Waals surface area contributed by atoms with Gasteiger partial charge in [0.1, 0.15) is 0 Å². The van der Waals surface area contributed by atoms with Crippen LogP contribution in [0.1, 0.15) is 66.7 Å². The molecule has 142 valence electrons. The number of nitrogens with one attached hydrogen (secondary N) is 1. The molecule has 1 saturated carbocycles. The number of rotatable bonds is 8. The molecule has 1 N–H and O–H groups in total. The molecule has 2 aliphatic carbocycles. The molecule has 25 heavy (non-hydrogen) atoms. The van der Waals surface area contributed by atoms with Crippen LogP contribution < -0.4 is 4.72 Å². The van der Waals surface area contributed by atoms with Gasteiger partial charge in [-0.3, -0.25) is 0 Å². The van der Waals surface area contributed by atoms with Gasteiger partial charge in [-0.2, -0.15) is 0 Å². The van der Waals surface area contributed by atoms with Crippen molar-refractivity contribution >= 4 is 17.0 Å². The average molecular weight is 368 g/mol. The minimum Gasteiger partial charge on any atom is -0.462 e. The van der Waals surface area contributed by atoms with Gasteiger partial charge in [0.15, 0.2) is 0 Å². The van der Waals surface area contributed by atoms with E-state index in [0.29, 0.717) is 17.6 Å².